The van der Waals surface area contributed by atoms with Gasteiger partial charge in [0.05, 0.1) is 6.61 Å². The van der Waals surface area contributed by atoms with Crippen molar-refractivity contribution in [2.24, 2.45) is 0 Å². The molecule has 3 heteroatoms. The Kier molecular flexibility index (Phi) is 5.43. The van der Waals surface area contributed by atoms with E-state index in [1.165, 1.54) is 5.56 Å². The largest absolute Gasteiger partial charge is 0.494 e. The predicted octanol–water partition coefficient (Wildman–Crippen LogP) is 2.63. The second-order valence-corrected chi connectivity index (χ2v) is 6.18. The highest BCUT2D eigenvalue weighted by molar-refractivity contribution is 6.48. The van der Waals surface area contributed by atoms with Crippen molar-refractivity contribution in [1.82, 2.24) is 0 Å². The first-order chi connectivity index (χ1) is 7.22. The normalized spacial score (nSPS) is 10.7. The molecule has 0 saturated carbocycles. The molecule has 0 amide bonds. The number of ether oxygens (including phenoxy) is 1. The Labute approximate surface area is 93.9 Å². The van der Waals surface area contributed by atoms with Gasteiger partial charge >= 0.3 is 0 Å². The highest BCUT2D eigenvalue weighted by atomic mass is 28.3. The van der Waals surface area contributed by atoms with E-state index in [-0.39, 0.29) is 0 Å². The molecule has 0 fully saturated rings. The second kappa shape index (κ2) is 6.64. The lowest BCUT2D eigenvalue weighted by molar-refractivity contribution is 0.329. The van der Waals surface area contributed by atoms with Crippen LogP contribution in [0.15, 0.2) is 24.3 Å². The van der Waals surface area contributed by atoms with Crippen molar-refractivity contribution in [1.29, 1.82) is 0 Å². The van der Waals surface area contributed by atoms with Gasteiger partial charge in [0.25, 0.3) is 0 Å². The van der Waals surface area contributed by atoms with E-state index in [1.54, 1.807) is 0 Å². The molecule has 0 N–H and O–H groups in total. The van der Waals surface area contributed by atoms with E-state index in [9.17, 15) is 0 Å². The summed E-state index contributed by atoms with van der Waals surface area (Å²) in [6.07, 6.45) is 0.998. The SMILES string of the molecule is CCOc1ccc(CCO[SiH](C)C)cc1. The van der Waals surface area contributed by atoms with Gasteiger partial charge in [-0.3, -0.25) is 0 Å². The van der Waals surface area contributed by atoms with Crippen LogP contribution in [0.1, 0.15) is 12.5 Å². The fourth-order valence-corrected chi connectivity index (χ4v) is 1.92. The lowest BCUT2D eigenvalue weighted by Crippen LogP contribution is -2.10. The van der Waals surface area contributed by atoms with Crippen LogP contribution in [0.2, 0.25) is 13.1 Å². The molecule has 1 aromatic rings. The number of hydrogen-bond acceptors (Lipinski definition) is 2. The van der Waals surface area contributed by atoms with Crippen molar-refractivity contribution in [2.75, 3.05) is 13.2 Å². The average molecular weight is 224 g/mol. The van der Waals surface area contributed by atoms with Gasteiger partial charge in [0, 0.05) is 6.61 Å². The van der Waals surface area contributed by atoms with Crippen molar-refractivity contribution < 1.29 is 9.16 Å². The van der Waals surface area contributed by atoms with E-state index < -0.39 is 9.04 Å². The summed E-state index contributed by atoms with van der Waals surface area (Å²) in [5, 5.41) is 0. The standard InChI is InChI=1S/C12H20O2Si/c1-4-13-12-7-5-11(6-8-12)9-10-14-15(2)3/h5-8,15H,4,9-10H2,1-3H3. The van der Waals surface area contributed by atoms with Gasteiger partial charge in [-0.15, -0.1) is 0 Å². The van der Waals surface area contributed by atoms with Crippen LogP contribution in [-0.4, -0.2) is 22.3 Å². The van der Waals surface area contributed by atoms with Crippen molar-refractivity contribution in [2.45, 2.75) is 26.4 Å². The molecule has 84 valence electrons. The minimum absolute atomic E-state index is 0.724. The van der Waals surface area contributed by atoms with E-state index >= 15 is 0 Å². The van der Waals surface area contributed by atoms with Crippen LogP contribution in [0.3, 0.4) is 0 Å². The zero-order valence-corrected chi connectivity index (χ0v) is 11.0. The van der Waals surface area contributed by atoms with Crippen molar-refractivity contribution in [3.05, 3.63) is 29.8 Å². The summed E-state index contributed by atoms with van der Waals surface area (Å²) in [7, 11) is -0.857. The Hall–Kier alpha value is -0.803. The summed E-state index contributed by atoms with van der Waals surface area (Å²) in [5.74, 6) is 0.945. The summed E-state index contributed by atoms with van der Waals surface area (Å²) >= 11 is 0. The van der Waals surface area contributed by atoms with Gasteiger partial charge in [-0.25, -0.2) is 0 Å². The Bertz CT molecular complexity index is 269. The number of benzene rings is 1. The lowest BCUT2D eigenvalue weighted by Gasteiger charge is -2.07. The molecular formula is C12H20O2Si. The topological polar surface area (TPSA) is 18.5 Å². The molecule has 0 atom stereocenters. The highest BCUT2D eigenvalue weighted by Gasteiger charge is 1.97. The van der Waals surface area contributed by atoms with Gasteiger partial charge in [-0.1, -0.05) is 12.1 Å². The van der Waals surface area contributed by atoms with E-state index in [0.29, 0.717) is 0 Å². The van der Waals surface area contributed by atoms with E-state index in [4.69, 9.17) is 9.16 Å². The first kappa shape index (κ1) is 12.3. The van der Waals surface area contributed by atoms with Gasteiger partial charge in [-0.05, 0) is 44.1 Å². The molecule has 1 aromatic carbocycles. The predicted molar refractivity (Wildman–Crippen MR) is 66.1 cm³/mol. The van der Waals surface area contributed by atoms with Crippen LogP contribution < -0.4 is 4.74 Å². The summed E-state index contributed by atoms with van der Waals surface area (Å²) in [6, 6.07) is 8.25. The maximum atomic E-state index is 5.63. The van der Waals surface area contributed by atoms with Crippen LogP contribution in [0, 0.1) is 0 Å². The van der Waals surface area contributed by atoms with Crippen LogP contribution in [0.25, 0.3) is 0 Å². The van der Waals surface area contributed by atoms with Gasteiger partial charge in [0.2, 0.25) is 0 Å². The fraction of sp³-hybridized carbons (Fsp3) is 0.500. The van der Waals surface area contributed by atoms with E-state index in [0.717, 1.165) is 25.4 Å². The molecule has 0 aromatic heterocycles. The maximum absolute atomic E-state index is 5.63. The Morgan fingerprint density at radius 1 is 1.13 bits per heavy atom. The molecule has 0 radical (unpaired) electrons. The van der Waals surface area contributed by atoms with Crippen LogP contribution in [0.4, 0.5) is 0 Å². The smallest absolute Gasteiger partial charge is 0.170 e. The second-order valence-electron chi connectivity index (χ2n) is 3.75. The summed E-state index contributed by atoms with van der Waals surface area (Å²) < 4.78 is 11.0. The van der Waals surface area contributed by atoms with Gasteiger partial charge < -0.3 is 9.16 Å². The highest BCUT2D eigenvalue weighted by Crippen LogP contribution is 2.12. The fourth-order valence-electron chi connectivity index (χ4n) is 1.33. The average Bonchev–Trinajstić information content (AvgIpc) is 2.20. The molecule has 0 saturated heterocycles. The molecule has 0 aliphatic rings. The molecule has 15 heavy (non-hydrogen) atoms. The first-order valence-electron chi connectivity index (χ1n) is 5.55. The molecule has 0 heterocycles. The third-order valence-corrected chi connectivity index (χ3v) is 2.98. The van der Waals surface area contributed by atoms with Gasteiger partial charge in [0.15, 0.2) is 9.04 Å². The van der Waals surface area contributed by atoms with Crippen molar-refractivity contribution in [3.63, 3.8) is 0 Å². The monoisotopic (exact) mass is 224 g/mol. The maximum Gasteiger partial charge on any atom is 0.170 e. The van der Waals surface area contributed by atoms with Crippen LogP contribution in [0.5, 0.6) is 5.75 Å². The van der Waals surface area contributed by atoms with Crippen molar-refractivity contribution in [3.8, 4) is 5.75 Å². The number of rotatable bonds is 6. The Morgan fingerprint density at radius 2 is 1.80 bits per heavy atom. The first-order valence-corrected chi connectivity index (χ1v) is 8.33. The van der Waals surface area contributed by atoms with Crippen LogP contribution >= 0.6 is 0 Å². The summed E-state index contributed by atoms with van der Waals surface area (Å²) in [6.45, 7) is 7.95. The molecule has 0 unspecified atom stereocenters. The lowest BCUT2D eigenvalue weighted by atomic mass is 10.1. The zero-order valence-electron chi connectivity index (χ0n) is 9.82. The molecule has 1 rings (SSSR count). The third kappa shape index (κ3) is 5.00. The Balaban J connectivity index is 2.36. The van der Waals surface area contributed by atoms with E-state index in [1.807, 2.05) is 19.1 Å². The minimum Gasteiger partial charge on any atom is -0.494 e. The molecule has 0 aliphatic heterocycles. The third-order valence-electron chi connectivity index (χ3n) is 2.08. The van der Waals surface area contributed by atoms with Gasteiger partial charge in [0.1, 0.15) is 5.75 Å². The minimum atomic E-state index is -0.857. The van der Waals surface area contributed by atoms with Crippen LogP contribution in [-0.2, 0) is 10.8 Å². The van der Waals surface area contributed by atoms with Crippen molar-refractivity contribution >= 4 is 9.04 Å². The zero-order chi connectivity index (χ0) is 11.1. The molecule has 2 nitrogen and oxygen atoms in total. The molecule has 0 spiro atoms. The number of hydrogen-bond donors (Lipinski definition) is 0. The molecular weight excluding hydrogens is 204 g/mol. The van der Waals surface area contributed by atoms with E-state index in [2.05, 4.69) is 25.2 Å². The molecule has 0 bridgehead atoms. The summed E-state index contributed by atoms with van der Waals surface area (Å²) in [5.41, 5.74) is 1.31. The van der Waals surface area contributed by atoms with Gasteiger partial charge in [-0.2, -0.15) is 0 Å². The molecule has 0 aliphatic carbocycles. The summed E-state index contributed by atoms with van der Waals surface area (Å²) in [4.78, 5) is 0. The Morgan fingerprint density at radius 3 is 2.33 bits per heavy atom. The quantitative estimate of drug-likeness (QED) is 0.692.